The van der Waals surface area contributed by atoms with Crippen molar-refractivity contribution < 1.29 is 9.52 Å². The van der Waals surface area contributed by atoms with Crippen molar-refractivity contribution >= 4 is 6.08 Å². The summed E-state index contributed by atoms with van der Waals surface area (Å²) in [6, 6.07) is 11.4. The lowest BCUT2D eigenvalue weighted by molar-refractivity contribution is 0.137. The summed E-state index contributed by atoms with van der Waals surface area (Å²) in [5, 5.41) is 9.31. The average Bonchev–Trinajstić information content (AvgIpc) is 3.05. The van der Waals surface area contributed by atoms with Gasteiger partial charge in [0.1, 0.15) is 11.5 Å². The molecule has 0 atom stereocenters. The smallest absolute Gasteiger partial charge is 0.126 e. The van der Waals surface area contributed by atoms with E-state index >= 15 is 0 Å². The van der Waals surface area contributed by atoms with Gasteiger partial charge in [-0.25, -0.2) is 0 Å². The first-order valence-electron chi connectivity index (χ1n) is 7.72. The zero-order chi connectivity index (χ0) is 15.2. The van der Waals surface area contributed by atoms with Crippen LogP contribution in [0.5, 0.6) is 5.75 Å². The van der Waals surface area contributed by atoms with E-state index in [0.29, 0.717) is 5.75 Å². The molecule has 0 spiro atoms. The van der Waals surface area contributed by atoms with Crippen molar-refractivity contribution in [2.45, 2.75) is 6.54 Å². The standard InChI is InChI=1S/C18H22N2O2/c21-17-7-5-16(6-8-17)15-20-12-10-19(11-13-20)9-1-3-18-4-2-14-22-18/h1-8,14,21H,9-13,15H2/b3-1+. The SMILES string of the molecule is Oc1ccc(CN2CCN(C/C=C/c3ccco3)CC2)cc1. The summed E-state index contributed by atoms with van der Waals surface area (Å²) in [6.45, 7) is 6.25. The van der Waals surface area contributed by atoms with Crippen LogP contribution >= 0.6 is 0 Å². The molecule has 0 radical (unpaired) electrons. The Bertz CT molecular complexity index is 582. The summed E-state index contributed by atoms with van der Waals surface area (Å²) in [4.78, 5) is 4.91. The molecular weight excluding hydrogens is 276 g/mol. The lowest BCUT2D eigenvalue weighted by atomic mass is 10.2. The van der Waals surface area contributed by atoms with Crippen molar-refractivity contribution in [1.29, 1.82) is 0 Å². The van der Waals surface area contributed by atoms with Crippen LogP contribution in [0.2, 0.25) is 0 Å². The van der Waals surface area contributed by atoms with Gasteiger partial charge in [0.2, 0.25) is 0 Å². The lowest BCUT2D eigenvalue weighted by Crippen LogP contribution is -2.45. The summed E-state index contributed by atoms with van der Waals surface area (Å²) in [5.74, 6) is 1.24. The molecule has 1 fully saturated rings. The number of rotatable bonds is 5. The molecule has 2 heterocycles. The van der Waals surface area contributed by atoms with Gasteiger partial charge in [-0.1, -0.05) is 18.2 Å². The van der Waals surface area contributed by atoms with Crippen LogP contribution in [0.25, 0.3) is 6.08 Å². The minimum atomic E-state index is 0.330. The van der Waals surface area contributed by atoms with Gasteiger partial charge in [0.05, 0.1) is 6.26 Å². The molecule has 0 amide bonds. The Morgan fingerprint density at radius 1 is 1.00 bits per heavy atom. The molecule has 3 rings (SSSR count). The van der Waals surface area contributed by atoms with Gasteiger partial charge in [0.15, 0.2) is 0 Å². The van der Waals surface area contributed by atoms with Crippen LogP contribution in [0.3, 0.4) is 0 Å². The Kier molecular flexibility index (Phi) is 4.93. The molecule has 0 bridgehead atoms. The minimum absolute atomic E-state index is 0.330. The number of nitrogens with zero attached hydrogens (tertiary/aromatic N) is 2. The Morgan fingerprint density at radius 3 is 2.41 bits per heavy atom. The van der Waals surface area contributed by atoms with E-state index in [0.717, 1.165) is 45.0 Å². The van der Waals surface area contributed by atoms with Crippen LogP contribution in [-0.2, 0) is 6.54 Å². The molecule has 4 nitrogen and oxygen atoms in total. The van der Waals surface area contributed by atoms with Gasteiger partial charge in [-0.15, -0.1) is 0 Å². The van der Waals surface area contributed by atoms with Crippen molar-refractivity contribution in [2.24, 2.45) is 0 Å². The van der Waals surface area contributed by atoms with Gasteiger partial charge in [-0.3, -0.25) is 9.80 Å². The second-order valence-electron chi connectivity index (χ2n) is 5.66. The second kappa shape index (κ2) is 7.29. The zero-order valence-electron chi connectivity index (χ0n) is 12.7. The first-order valence-corrected chi connectivity index (χ1v) is 7.72. The summed E-state index contributed by atoms with van der Waals surface area (Å²) in [5.41, 5.74) is 1.25. The van der Waals surface area contributed by atoms with Gasteiger partial charge in [-0.05, 0) is 35.9 Å². The number of phenols is 1. The summed E-state index contributed by atoms with van der Waals surface area (Å²) >= 11 is 0. The van der Waals surface area contributed by atoms with Crippen LogP contribution in [0.1, 0.15) is 11.3 Å². The van der Waals surface area contributed by atoms with Gasteiger partial charge < -0.3 is 9.52 Å². The van der Waals surface area contributed by atoms with Gasteiger partial charge in [0, 0.05) is 39.3 Å². The van der Waals surface area contributed by atoms with E-state index in [9.17, 15) is 5.11 Å². The largest absolute Gasteiger partial charge is 0.508 e. The maximum atomic E-state index is 9.31. The van der Waals surface area contributed by atoms with Crippen LogP contribution in [-0.4, -0.2) is 47.6 Å². The highest BCUT2D eigenvalue weighted by Gasteiger charge is 2.15. The van der Waals surface area contributed by atoms with E-state index < -0.39 is 0 Å². The lowest BCUT2D eigenvalue weighted by Gasteiger charge is -2.34. The van der Waals surface area contributed by atoms with Crippen molar-refractivity contribution in [3.63, 3.8) is 0 Å². The van der Waals surface area contributed by atoms with E-state index in [2.05, 4.69) is 15.9 Å². The highest BCUT2D eigenvalue weighted by molar-refractivity contribution is 5.42. The fraction of sp³-hybridized carbons (Fsp3) is 0.333. The Hall–Kier alpha value is -2.04. The molecule has 1 saturated heterocycles. The average molecular weight is 298 g/mol. The predicted molar refractivity (Wildman–Crippen MR) is 87.6 cm³/mol. The summed E-state index contributed by atoms with van der Waals surface area (Å²) < 4.78 is 5.28. The van der Waals surface area contributed by atoms with Crippen molar-refractivity contribution in [2.75, 3.05) is 32.7 Å². The fourth-order valence-corrected chi connectivity index (χ4v) is 2.69. The molecule has 2 aromatic rings. The molecule has 1 aliphatic heterocycles. The van der Waals surface area contributed by atoms with Crippen molar-refractivity contribution in [3.05, 3.63) is 60.1 Å². The molecule has 4 heteroatoms. The molecule has 1 N–H and O–H groups in total. The maximum Gasteiger partial charge on any atom is 0.126 e. The van der Waals surface area contributed by atoms with Gasteiger partial charge >= 0.3 is 0 Å². The maximum absolute atomic E-state index is 9.31. The number of hydrogen-bond donors (Lipinski definition) is 1. The Balaban J connectivity index is 1.41. The Labute approximate surface area is 131 Å². The number of aromatic hydroxyl groups is 1. The highest BCUT2D eigenvalue weighted by atomic mass is 16.3. The molecule has 0 saturated carbocycles. The molecule has 116 valence electrons. The molecule has 1 aromatic carbocycles. The third-order valence-corrected chi connectivity index (χ3v) is 4.00. The molecule has 1 aliphatic rings. The Morgan fingerprint density at radius 2 is 1.73 bits per heavy atom. The molecule has 0 aliphatic carbocycles. The van der Waals surface area contributed by atoms with Crippen LogP contribution in [0.4, 0.5) is 0 Å². The van der Waals surface area contributed by atoms with E-state index in [1.54, 1.807) is 18.4 Å². The van der Waals surface area contributed by atoms with Crippen molar-refractivity contribution in [1.82, 2.24) is 9.80 Å². The topological polar surface area (TPSA) is 39.9 Å². The minimum Gasteiger partial charge on any atom is -0.508 e. The van der Waals surface area contributed by atoms with Crippen LogP contribution < -0.4 is 0 Å². The summed E-state index contributed by atoms with van der Waals surface area (Å²) in [6.07, 6.45) is 5.89. The van der Waals surface area contributed by atoms with Crippen LogP contribution in [0, 0.1) is 0 Å². The van der Waals surface area contributed by atoms with Crippen LogP contribution in [0.15, 0.2) is 53.2 Å². The van der Waals surface area contributed by atoms with E-state index in [-0.39, 0.29) is 0 Å². The van der Waals surface area contributed by atoms with E-state index in [1.165, 1.54) is 5.56 Å². The fourth-order valence-electron chi connectivity index (χ4n) is 2.69. The number of furan rings is 1. The normalized spacial score (nSPS) is 17.3. The third-order valence-electron chi connectivity index (χ3n) is 4.00. The number of benzene rings is 1. The summed E-state index contributed by atoms with van der Waals surface area (Å²) in [7, 11) is 0. The van der Waals surface area contributed by atoms with Gasteiger partial charge in [-0.2, -0.15) is 0 Å². The molecule has 0 unspecified atom stereocenters. The van der Waals surface area contributed by atoms with E-state index in [1.807, 2.05) is 30.3 Å². The molecule has 1 aromatic heterocycles. The van der Waals surface area contributed by atoms with Crippen molar-refractivity contribution in [3.8, 4) is 5.75 Å². The first kappa shape index (κ1) is 14.9. The number of hydrogen-bond acceptors (Lipinski definition) is 4. The first-order chi connectivity index (χ1) is 10.8. The molecule has 22 heavy (non-hydrogen) atoms. The molecular formula is C18H22N2O2. The van der Waals surface area contributed by atoms with E-state index in [4.69, 9.17) is 4.42 Å². The number of phenolic OH excluding ortho intramolecular Hbond substituents is 1. The monoisotopic (exact) mass is 298 g/mol. The predicted octanol–water partition coefficient (Wildman–Crippen LogP) is 2.82. The van der Waals surface area contributed by atoms with Gasteiger partial charge in [0.25, 0.3) is 0 Å². The highest BCUT2D eigenvalue weighted by Crippen LogP contribution is 2.13. The third kappa shape index (κ3) is 4.23. The quantitative estimate of drug-likeness (QED) is 0.921. The second-order valence-corrected chi connectivity index (χ2v) is 5.66. The number of piperazine rings is 1. The zero-order valence-corrected chi connectivity index (χ0v) is 12.7.